The molecule has 1 unspecified atom stereocenters. The largest absolute Gasteiger partial charge is 0.306 e. The van der Waals surface area contributed by atoms with Crippen molar-refractivity contribution in [3.05, 3.63) is 0 Å². The SMILES string of the molecule is CCCCCCCC(N(C)C)C(C)(C)CCC. The number of unbranched alkanes of at least 4 members (excludes halogenated alkanes) is 4. The van der Waals surface area contributed by atoms with Crippen LogP contribution >= 0.6 is 0 Å². The maximum atomic E-state index is 2.44. The van der Waals surface area contributed by atoms with Crippen molar-refractivity contribution in [3.63, 3.8) is 0 Å². The second kappa shape index (κ2) is 8.97. The van der Waals surface area contributed by atoms with E-state index in [0.29, 0.717) is 5.41 Å². The quantitative estimate of drug-likeness (QED) is 0.481. The first-order valence-corrected chi connectivity index (χ1v) is 7.62. The Balaban J connectivity index is 4.06. The third kappa shape index (κ3) is 7.08. The fourth-order valence-electron chi connectivity index (χ4n) is 3.10. The van der Waals surface area contributed by atoms with E-state index in [4.69, 9.17) is 0 Å². The molecule has 104 valence electrons. The Morgan fingerprint density at radius 2 is 1.47 bits per heavy atom. The molecule has 0 aliphatic rings. The summed E-state index contributed by atoms with van der Waals surface area (Å²) < 4.78 is 0. The van der Waals surface area contributed by atoms with Gasteiger partial charge in [0, 0.05) is 6.04 Å². The minimum atomic E-state index is 0.461. The number of hydrogen-bond acceptors (Lipinski definition) is 1. The Labute approximate surface area is 110 Å². The minimum absolute atomic E-state index is 0.461. The van der Waals surface area contributed by atoms with Crippen LogP contribution in [0.4, 0.5) is 0 Å². The van der Waals surface area contributed by atoms with Crippen LogP contribution in [0.15, 0.2) is 0 Å². The molecule has 0 rings (SSSR count). The Morgan fingerprint density at radius 1 is 0.882 bits per heavy atom. The summed E-state index contributed by atoms with van der Waals surface area (Å²) in [7, 11) is 4.49. The van der Waals surface area contributed by atoms with E-state index in [-0.39, 0.29) is 0 Å². The van der Waals surface area contributed by atoms with Gasteiger partial charge in [-0.05, 0) is 32.4 Å². The molecule has 1 nitrogen and oxygen atoms in total. The molecule has 1 heteroatoms. The first-order chi connectivity index (χ1) is 7.95. The van der Waals surface area contributed by atoms with E-state index in [2.05, 4.69) is 46.7 Å². The lowest BCUT2D eigenvalue weighted by Crippen LogP contribution is -2.41. The van der Waals surface area contributed by atoms with E-state index >= 15 is 0 Å². The van der Waals surface area contributed by atoms with Gasteiger partial charge in [0.2, 0.25) is 0 Å². The fourth-order valence-corrected chi connectivity index (χ4v) is 3.10. The predicted molar refractivity (Wildman–Crippen MR) is 79.5 cm³/mol. The van der Waals surface area contributed by atoms with Crippen molar-refractivity contribution in [2.24, 2.45) is 5.41 Å². The molecule has 0 aliphatic carbocycles. The van der Waals surface area contributed by atoms with Gasteiger partial charge >= 0.3 is 0 Å². The van der Waals surface area contributed by atoms with E-state index in [0.717, 1.165) is 6.04 Å². The molecular formula is C16H35N. The molecule has 0 aliphatic heterocycles. The molecule has 0 fully saturated rings. The Bertz CT molecular complexity index is 172. The van der Waals surface area contributed by atoms with E-state index in [1.165, 1.54) is 51.4 Å². The zero-order valence-electron chi connectivity index (χ0n) is 13.2. The molecule has 0 spiro atoms. The average molecular weight is 241 g/mol. The van der Waals surface area contributed by atoms with Crippen LogP contribution in [0.5, 0.6) is 0 Å². The van der Waals surface area contributed by atoms with Crippen molar-refractivity contribution in [2.45, 2.75) is 85.1 Å². The maximum absolute atomic E-state index is 2.44. The van der Waals surface area contributed by atoms with Gasteiger partial charge in [-0.3, -0.25) is 0 Å². The van der Waals surface area contributed by atoms with Gasteiger partial charge in [-0.2, -0.15) is 0 Å². The lowest BCUT2D eigenvalue weighted by molar-refractivity contribution is 0.113. The van der Waals surface area contributed by atoms with Crippen molar-refractivity contribution in [1.82, 2.24) is 4.90 Å². The summed E-state index contributed by atoms with van der Waals surface area (Å²) in [6, 6.07) is 0.740. The summed E-state index contributed by atoms with van der Waals surface area (Å²) in [5, 5.41) is 0. The van der Waals surface area contributed by atoms with Crippen molar-refractivity contribution in [2.75, 3.05) is 14.1 Å². The van der Waals surface area contributed by atoms with Crippen LogP contribution < -0.4 is 0 Å². The van der Waals surface area contributed by atoms with E-state index in [1.54, 1.807) is 0 Å². The normalized spacial score (nSPS) is 14.3. The fraction of sp³-hybridized carbons (Fsp3) is 1.00. The van der Waals surface area contributed by atoms with Crippen molar-refractivity contribution < 1.29 is 0 Å². The zero-order chi connectivity index (χ0) is 13.3. The smallest absolute Gasteiger partial charge is 0.0140 e. The highest BCUT2D eigenvalue weighted by molar-refractivity contribution is 4.83. The summed E-state index contributed by atoms with van der Waals surface area (Å²) >= 11 is 0. The molecule has 0 saturated heterocycles. The Hall–Kier alpha value is -0.0400. The van der Waals surface area contributed by atoms with Crippen molar-refractivity contribution in [3.8, 4) is 0 Å². The van der Waals surface area contributed by atoms with Crippen LogP contribution in [0.3, 0.4) is 0 Å². The first kappa shape index (κ1) is 17.0. The molecule has 0 N–H and O–H groups in total. The van der Waals surface area contributed by atoms with Crippen LogP contribution in [-0.4, -0.2) is 25.0 Å². The summed E-state index contributed by atoms with van der Waals surface area (Å²) in [6.45, 7) is 9.46. The van der Waals surface area contributed by atoms with Gasteiger partial charge in [0.25, 0.3) is 0 Å². The van der Waals surface area contributed by atoms with Gasteiger partial charge < -0.3 is 4.90 Å². The van der Waals surface area contributed by atoms with Gasteiger partial charge in [-0.1, -0.05) is 66.2 Å². The van der Waals surface area contributed by atoms with Crippen LogP contribution in [-0.2, 0) is 0 Å². The van der Waals surface area contributed by atoms with Gasteiger partial charge in [0.15, 0.2) is 0 Å². The standard InChI is InChI=1S/C16H35N/c1-7-9-10-11-12-13-15(17(5)6)16(3,4)14-8-2/h15H,7-14H2,1-6H3. The molecule has 0 radical (unpaired) electrons. The molecule has 0 aromatic rings. The van der Waals surface area contributed by atoms with Crippen molar-refractivity contribution >= 4 is 0 Å². The molecule has 0 amide bonds. The van der Waals surface area contributed by atoms with Crippen LogP contribution in [0.25, 0.3) is 0 Å². The monoisotopic (exact) mass is 241 g/mol. The number of hydrogen-bond donors (Lipinski definition) is 0. The highest BCUT2D eigenvalue weighted by Gasteiger charge is 2.29. The van der Waals surface area contributed by atoms with Gasteiger partial charge in [0.1, 0.15) is 0 Å². The molecular weight excluding hydrogens is 206 g/mol. The summed E-state index contributed by atoms with van der Waals surface area (Å²) in [4.78, 5) is 2.44. The highest BCUT2D eigenvalue weighted by Crippen LogP contribution is 2.32. The highest BCUT2D eigenvalue weighted by atomic mass is 15.1. The van der Waals surface area contributed by atoms with Gasteiger partial charge in [-0.15, -0.1) is 0 Å². The third-order valence-electron chi connectivity index (χ3n) is 4.00. The molecule has 1 atom stereocenters. The first-order valence-electron chi connectivity index (χ1n) is 7.62. The molecule has 0 aromatic heterocycles. The number of nitrogens with zero attached hydrogens (tertiary/aromatic N) is 1. The molecule has 0 aromatic carbocycles. The minimum Gasteiger partial charge on any atom is -0.306 e. The van der Waals surface area contributed by atoms with Crippen molar-refractivity contribution in [1.29, 1.82) is 0 Å². The maximum Gasteiger partial charge on any atom is 0.0140 e. The van der Waals surface area contributed by atoms with Gasteiger partial charge in [0.05, 0.1) is 0 Å². The Morgan fingerprint density at radius 3 is 1.94 bits per heavy atom. The van der Waals surface area contributed by atoms with Crippen LogP contribution in [0.2, 0.25) is 0 Å². The van der Waals surface area contributed by atoms with E-state index in [9.17, 15) is 0 Å². The molecule has 17 heavy (non-hydrogen) atoms. The van der Waals surface area contributed by atoms with Crippen LogP contribution in [0, 0.1) is 5.41 Å². The second-order valence-electron chi connectivity index (χ2n) is 6.42. The molecule has 0 saturated carbocycles. The van der Waals surface area contributed by atoms with Crippen LogP contribution in [0.1, 0.15) is 79.1 Å². The van der Waals surface area contributed by atoms with Gasteiger partial charge in [-0.25, -0.2) is 0 Å². The Kier molecular flexibility index (Phi) is 8.94. The topological polar surface area (TPSA) is 3.24 Å². The van der Waals surface area contributed by atoms with E-state index in [1.807, 2.05) is 0 Å². The predicted octanol–water partition coefficient (Wildman–Crippen LogP) is 5.10. The summed E-state index contributed by atoms with van der Waals surface area (Å²) in [5.74, 6) is 0. The molecule has 0 bridgehead atoms. The second-order valence-corrected chi connectivity index (χ2v) is 6.42. The zero-order valence-corrected chi connectivity index (χ0v) is 13.2. The summed E-state index contributed by atoms with van der Waals surface area (Å²) in [5.41, 5.74) is 0.461. The lowest BCUT2D eigenvalue weighted by Gasteiger charge is -2.39. The van der Waals surface area contributed by atoms with E-state index < -0.39 is 0 Å². The number of rotatable bonds is 10. The molecule has 0 heterocycles. The third-order valence-corrected chi connectivity index (χ3v) is 4.00. The summed E-state index contributed by atoms with van der Waals surface area (Å²) in [6.07, 6.45) is 11.0. The average Bonchev–Trinajstić information content (AvgIpc) is 2.22. The lowest BCUT2D eigenvalue weighted by atomic mass is 9.77.